The lowest BCUT2D eigenvalue weighted by molar-refractivity contribution is -0.385. The molecule has 0 radical (unpaired) electrons. The van der Waals surface area contributed by atoms with E-state index in [-0.39, 0.29) is 10.6 Å². The summed E-state index contributed by atoms with van der Waals surface area (Å²) in [6.45, 7) is 7.39. The van der Waals surface area contributed by atoms with E-state index >= 15 is 0 Å². The molecule has 1 aromatic carbocycles. The molecule has 0 atom stereocenters. The van der Waals surface area contributed by atoms with Crippen molar-refractivity contribution < 1.29 is 9.66 Å². The van der Waals surface area contributed by atoms with Crippen molar-refractivity contribution in [2.45, 2.75) is 59.0 Å². The van der Waals surface area contributed by atoms with Crippen LogP contribution in [-0.2, 0) is 6.54 Å². The van der Waals surface area contributed by atoms with Crippen molar-refractivity contribution in [2.75, 3.05) is 6.61 Å². The van der Waals surface area contributed by atoms with Gasteiger partial charge in [-0.2, -0.15) is 0 Å². The predicted molar refractivity (Wildman–Crippen MR) is 84.7 cm³/mol. The second-order valence-corrected chi connectivity index (χ2v) is 5.50. The lowest BCUT2D eigenvalue weighted by Gasteiger charge is -2.10. The molecule has 5 nitrogen and oxygen atoms in total. The first-order valence-corrected chi connectivity index (χ1v) is 7.68. The first-order chi connectivity index (χ1) is 10.0. The average molecular weight is 294 g/mol. The molecule has 0 spiro atoms. The zero-order valence-corrected chi connectivity index (χ0v) is 13.2. The van der Waals surface area contributed by atoms with Gasteiger partial charge < -0.3 is 10.1 Å². The third-order valence-corrected chi connectivity index (χ3v) is 3.19. The van der Waals surface area contributed by atoms with E-state index in [0.717, 1.165) is 24.8 Å². The molecule has 0 fully saturated rings. The minimum atomic E-state index is -0.375. The molecular weight excluding hydrogens is 268 g/mol. The highest BCUT2D eigenvalue weighted by molar-refractivity contribution is 5.48. The predicted octanol–water partition coefficient (Wildman–Crippen LogP) is 4.05. The van der Waals surface area contributed by atoms with Crippen molar-refractivity contribution in [1.29, 1.82) is 0 Å². The highest BCUT2D eigenvalue weighted by atomic mass is 16.6. The quantitative estimate of drug-likeness (QED) is 0.401. The van der Waals surface area contributed by atoms with E-state index in [0.29, 0.717) is 24.9 Å². The topological polar surface area (TPSA) is 64.4 Å². The summed E-state index contributed by atoms with van der Waals surface area (Å²) in [7, 11) is 0. The summed E-state index contributed by atoms with van der Waals surface area (Å²) < 4.78 is 5.56. The molecule has 118 valence electrons. The van der Waals surface area contributed by atoms with E-state index in [1.165, 1.54) is 6.42 Å². The molecule has 1 rings (SSSR count). The van der Waals surface area contributed by atoms with Crippen molar-refractivity contribution >= 4 is 5.69 Å². The third-order valence-electron chi connectivity index (χ3n) is 3.19. The van der Waals surface area contributed by atoms with Crippen LogP contribution in [-0.4, -0.2) is 17.6 Å². The van der Waals surface area contributed by atoms with E-state index < -0.39 is 0 Å². The Morgan fingerprint density at radius 2 is 2.05 bits per heavy atom. The average Bonchev–Trinajstić information content (AvgIpc) is 2.45. The number of hydrogen-bond donors (Lipinski definition) is 1. The number of unbranched alkanes of at least 4 members (excludes halogenated alkanes) is 3. The summed E-state index contributed by atoms with van der Waals surface area (Å²) >= 11 is 0. The van der Waals surface area contributed by atoms with Crippen molar-refractivity contribution in [1.82, 2.24) is 5.32 Å². The molecule has 0 aliphatic rings. The van der Waals surface area contributed by atoms with Crippen LogP contribution in [0.15, 0.2) is 18.2 Å². The Bertz CT molecular complexity index is 447. The van der Waals surface area contributed by atoms with E-state index in [1.807, 2.05) is 19.9 Å². The lowest BCUT2D eigenvalue weighted by atomic mass is 10.1. The van der Waals surface area contributed by atoms with Crippen LogP contribution in [0.2, 0.25) is 0 Å². The molecular formula is C16H26N2O3. The summed E-state index contributed by atoms with van der Waals surface area (Å²) in [6.07, 6.45) is 4.37. The Balaban J connectivity index is 2.64. The smallest absolute Gasteiger partial charge is 0.311 e. The van der Waals surface area contributed by atoms with E-state index in [4.69, 9.17) is 4.74 Å². The number of hydrogen-bond acceptors (Lipinski definition) is 4. The third kappa shape index (κ3) is 6.58. The Kier molecular flexibility index (Phi) is 7.75. The van der Waals surface area contributed by atoms with Crippen LogP contribution in [0, 0.1) is 10.1 Å². The number of nitro groups is 1. The Labute approximate surface area is 126 Å². The minimum Gasteiger partial charge on any atom is -0.487 e. The lowest BCUT2D eigenvalue weighted by Crippen LogP contribution is -2.21. The fraction of sp³-hybridized carbons (Fsp3) is 0.625. The molecule has 5 heteroatoms. The van der Waals surface area contributed by atoms with Crippen molar-refractivity contribution in [3.63, 3.8) is 0 Å². The number of benzene rings is 1. The van der Waals surface area contributed by atoms with Gasteiger partial charge in [0.1, 0.15) is 0 Å². The molecule has 0 saturated heterocycles. The zero-order valence-electron chi connectivity index (χ0n) is 13.2. The number of rotatable bonds is 10. The van der Waals surface area contributed by atoms with Crippen LogP contribution >= 0.6 is 0 Å². The van der Waals surface area contributed by atoms with Crippen molar-refractivity contribution in [3.8, 4) is 5.75 Å². The standard InChI is InChI=1S/C16H26N2O3/c1-4-5-6-7-10-21-16-9-8-14(12-17-13(2)3)11-15(16)18(19)20/h8-9,11,13,17H,4-7,10,12H2,1-3H3. The van der Waals surface area contributed by atoms with Crippen LogP contribution in [0.3, 0.4) is 0 Å². The van der Waals surface area contributed by atoms with E-state index in [9.17, 15) is 10.1 Å². The van der Waals surface area contributed by atoms with Gasteiger partial charge in [0.2, 0.25) is 0 Å². The molecule has 1 aromatic rings. The molecule has 1 N–H and O–H groups in total. The van der Waals surface area contributed by atoms with Crippen molar-refractivity contribution in [2.24, 2.45) is 0 Å². The molecule has 0 aromatic heterocycles. The van der Waals surface area contributed by atoms with E-state index in [2.05, 4.69) is 12.2 Å². The normalized spacial score (nSPS) is 10.9. The summed E-state index contributed by atoms with van der Waals surface area (Å²) in [5.41, 5.74) is 0.947. The van der Waals surface area contributed by atoms with Crippen LogP contribution in [0.5, 0.6) is 5.75 Å². The second kappa shape index (κ2) is 9.34. The van der Waals surface area contributed by atoms with Gasteiger partial charge in [0, 0.05) is 18.7 Å². The molecule has 0 aliphatic carbocycles. The molecule has 21 heavy (non-hydrogen) atoms. The van der Waals surface area contributed by atoms with Gasteiger partial charge >= 0.3 is 5.69 Å². The van der Waals surface area contributed by atoms with Crippen LogP contribution in [0.1, 0.15) is 52.0 Å². The second-order valence-electron chi connectivity index (χ2n) is 5.50. The van der Waals surface area contributed by atoms with Gasteiger partial charge in [-0.25, -0.2) is 0 Å². The largest absolute Gasteiger partial charge is 0.487 e. The number of nitrogens with zero attached hydrogens (tertiary/aromatic N) is 1. The molecule has 0 bridgehead atoms. The van der Waals surface area contributed by atoms with E-state index in [1.54, 1.807) is 12.1 Å². The maximum absolute atomic E-state index is 11.2. The van der Waals surface area contributed by atoms with Gasteiger partial charge in [0.05, 0.1) is 11.5 Å². The summed E-state index contributed by atoms with van der Waals surface area (Å²) in [4.78, 5) is 10.8. The van der Waals surface area contributed by atoms with Gasteiger partial charge in [0.15, 0.2) is 5.75 Å². The van der Waals surface area contributed by atoms with Crippen LogP contribution < -0.4 is 10.1 Å². The molecule has 0 amide bonds. The highest BCUT2D eigenvalue weighted by Gasteiger charge is 2.16. The summed E-state index contributed by atoms with van der Waals surface area (Å²) in [5, 5.41) is 14.4. The highest BCUT2D eigenvalue weighted by Crippen LogP contribution is 2.28. The summed E-state index contributed by atoms with van der Waals surface area (Å²) in [6, 6.07) is 5.52. The summed E-state index contributed by atoms with van der Waals surface area (Å²) in [5.74, 6) is 0.366. The number of nitro benzene ring substituents is 1. The van der Waals surface area contributed by atoms with Crippen molar-refractivity contribution in [3.05, 3.63) is 33.9 Å². The first kappa shape index (κ1) is 17.4. The fourth-order valence-corrected chi connectivity index (χ4v) is 1.97. The van der Waals surface area contributed by atoms with Gasteiger partial charge in [-0.1, -0.05) is 46.1 Å². The Morgan fingerprint density at radius 1 is 1.29 bits per heavy atom. The molecule has 0 heterocycles. The zero-order chi connectivity index (χ0) is 15.7. The van der Waals surface area contributed by atoms with Gasteiger partial charge in [-0.05, 0) is 18.1 Å². The van der Waals surface area contributed by atoms with Crippen LogP contribution in [0.4, 0.5) is 5.69 Å². The molecule has 0 aliphatic heterocycles. The molecule has 0 unspecified atom stereocenters. The maximum Gasteiger partial charge on any atom is 0.311 e. The van der Waals surface area contributed by atoms with Gasteiger partial charge in [0.25, 0.3) is 0 Å². The first-order valence-electron chi connectivity index (χ1n) is 7.68. The monoisotopic (exact) mass is 294 g/mol. The van der Waals surface area contributed by atoms with Gasteiger partial charge in [-0.3, -0.25) is 10.1 Å². The van der Waals surface area contributed by atoms with Gasteiger partial charge in [-0.15, -0.1) is 0 Å². The fourth-order valence-electron chi connectivity index (χ4n) is 1.97. The molecule has 0 saturated carbocycles. The number of nitrogens with one attached hydrogen (secondary N) is 1. The Morgan fingerprint density at radius 3 is 2.67 bits per heavy atom. The van der Waals surface area contributed by atoms with Crippen LogP contribution in [0.25, 0.3) is 0 Å². The minimum absolute atomic E-state index is 0.0496. The SMILES string of the molecule is CCCCCCOc1ccc(CNC(C)C)cc1[N+](=O)[O-]. The maximum atomic E-state index is 11.2. The Hall–Kier alpha value is -1.62. The number of ether oxygens (including phenoxy) is 1.